The van der Waals surface area contributed by atoms with Crippen LogP contribution >= 0.6 is 15.9 Å². The molecule has 0 aliphatic carbocycles. The van der Waals surface area contributed by atoms with Crippen molar-refractivity contribution in [2.75, 3.05) is 0 Å². The minimum absolute atomic E-state index is 0.0185. The van der Waals surface area contributed by atoms with E-state index in [9.17, 15) is 4.79 Å². The van der Waals surface area contributed by atoms with E-state index in [-0.39, 0.29) is 18.0 Å². The maximum absolute atomic E-state index is 12.3. The predicted molar refractivity (Wildman–Crippen MR) is 68.4 cm³/mol. The van der Waals surface area contributed by atoms with E-state index in [0.717, 1.165) is 4.47 Å². The summed E-state index contributed by atoms with van der Waals surface area (Å²) >= 11 is 3.38. The van der Waals surface area contributed by atoms with Gasteiger partial charge in [-0.3, -0.25) is 9.78 Å². The summed E-state index contributed by atoms with van der Waals surface area (Å²) in [6.45, 7) is 8.06. The molecule has 4 heteroatoms. The third-order valence-corrected chi connectivity index (χ3v) is 3.04. The zero-order valence-corrected chi connectivity index (χ0v) is 11.7. The fourth-order valence-corrected chi connectivity index (χ4v) is 2.13. The van der Waals surface area contributed by atoms with Crippen LogP contribution in [0.1, 0.15) is 38.1 Å². The smallest absolute Gasteiger partial charge is 0.257 e. The van der Waals surface area contributed by atoms with Crippen molar-refractivity contribution >= 4 is 21.8 Å². The highest BCUT2D eigenvalue weighted by molar-refractivity contribution is 9.10. The molecule has 0 unspecified atom stereocenters. The molecule has 3 nitrogen and oxygen atoms in total. The van der Waals surface area contributed by atoms with E-state index < -0.39 is 0 Å². The fourth-order valence-electron chi connectivity index (χ4n) is 1.74. The Bertz CT molecular complexity index is 369. The van der Waals surface area contributed by atoms with Gasteiger partial charge in [-0.15, -0.1) is 0 Å². The summed E-state index contributed by atoms with van der Waals surface area (Å²) in [6, 6.07) is 2.14. The summed E-state index contributed by atoms with van der Waals surface area (Å²) in [7, 11) is 0. The van der Waals surface area contributed by atoms with Crippen LogP contribution in [-0.4, -0.2) is 27.9 Å². The first-order valence-corrected chi connectivity index (χ1v) is 6.16. The molecule has 0 aliphatic heterocycles. The molecule has 0 spiro atoms. The number of carbonyl (C=O) groups excluding carboxylic acids is 1. The van der Waals surface area contributed by atoms with Crippen LogP contribution in [0.25, 0.3) is 0 Å². The van der Waals surface area contributed by atoms with Crippen molar-refractivity contribution in [2.45, 2.75) is 39.8 Å². The quantitative estimate of drug-likeness (QED) is 0.855. The van der Waals surface area contributed by atoms with Crippen molar-refractivity contribution in [2.24, 2.45) is 0 Å². The molecular weight excluding hydrogens is 268 g/mol. The van der Waals surface area contributed by atoms with Gasteiger partial charge in [0.05, 0.1) is 5.56 Å². The number of halogens is 1. The van der Waals surface area contributed by atoms with Crippen LogP contribution in [0.4, 0.5) is 0 Å². The van der Waals surface area contributed by atoms with Crippen molar-refractivity contribution in [3.05, 3.63) is 28.5 Å². The van der Waals surface area contributed by atoms with Gasteiger partial charge >= 0.3 is 0 Å². The third-order valence-electron chi connectivity index (χ3n) is 2.35. The second-order valence-corrected chi connectivity index (χ2v) is 5.11. The molecule has 0 saturated carbocycles. The fraction of sp³-hybridized carbons (Fsp3) is 0.500. The number of hydrogen-bond donors (Lipinski definition) is 0. The first-order chi connectivity index (χ1) is 7.45. The van der Waals surface area contributed by atoms with Crippen molar-refractivity contribution in [3.63, 3.8) is 0 Å². The number of rotatable bonds is 3. The van der Waals surface area contributed by atoms with E-state index >= 15 is 0 Å². The first kappa shape index (κ1) is 13.2. The van der Waals surface area contributed by atoms with E-state index in [2.05, 4.69) is 20.9 Å². The average Bonchev–Trinajstić information content (AvgIpc) is 2.16. The number of amides is 1. The van der Waals surface area contributed by atoms with Gasteiger partial charge in [-0.1, -0.05) is 0 Å². The molecule has 0 atom stereocenters. The van der Waals surface area contributed by atoms with Crippen LogP contribution in [-0.2, 0) is 0 Å². The lowest BCUT2D eigenvalue weighted by Crippen LogP contribution is -2.42. The van der Waals surface area contributed by atoms with Gasteiger partial charge < -0.3 is 4.90 Å². The summed E-state index contributed by atoms with van der Waals surface area (Å²) in [5.74, 6) is 0.0185. The Morgan fingerprint density at radius 2 is 1.88 bits per heavy atom. The average molecular weight is 285 g/mol. The summed E-state index contributed by atoms with van der Waals surface area (Å²) < 4.78 is 0.791. The molecule has 16 heavy (non-hydrogen) atoms. The van der Waals surface area contributed by atoms with Crippen molar-refractivity contribution in [1.82, 2.24) is 9.88 Å². The molecule has 0 saturated heterocycles. The van der Waals surface area contributed by atoms with Crippen LogP contribution in [0.5, 0.6) is 0 Å². The van der Waals surface area contributed by atoms with Crippen LogP contribution < -0.4 is 0 Å². The Morgan fingerprint density at radius 1 is 1.31 bits per heavy atom. The maximum Gasteiger partial charge on any atom is 0.257 e. The van der Waals surface area contributed by atoms with Crippen molar-refractivity contribution in [1.29, 1.82) is 0 Å². The van der Waals surface area contributed by atoms with Gasteiger partial charge in [0.25, 0.3) is 5.91 Å². The second kappa shape index (κ2) is 5.43. The van der Waals surface area contributed by atoms with Crippen LogP contribution in [0.3, 0.4) is 0 Å². The molecule has 0 radical (unpaired) electrons. The molecule has 1 aromatic heterocycles. The number of nitrogens with zero attached hydrogens (tertiary/aromatic N) is 2. The SMILES string of the molecule is CC(C)N(C(=O)c1cnccc1Br)C(C)C. The largest absolute Gasteiger partial charge is 0.334 e. The zero-order valence-electron chi connectivity index (χ0n) is 10.1. The van der Waals surface area contributed by atoms with Gasteiger partial charge in [0.15, 0.2) is 0 Å². The Morgan fingerprint density at radius 3 is 2.31 bits per heavy atom. The lowest BCUT2D eigenvalue weighted by atomic mass is 10.1. The Labute approximate surface area is 105 Å². The van der Waals surface area contributed by atoms with Gasteiger partial charge in [-0.05, 0) is 49.7 Å². The normalized spacial score (nSPS) is 10.9. The van der Waals surface area contributed by atoms with Gasteiger partial charge in [0.2, 0.25) is 0 Å². The molecule has 1 rings (SSSR count). The number of carbonyl (C=O) groups is 1. The minimum atomic E-state index is 0.0185. The van der Waals surface area contributed by atoms with E-state index in [1.165, 1.54) is 0 Å². The highest BCUT2D eigenvalue weighted by Gasteiger charge is 2.23. The molecule has 1 aromatic rings. The van der Waals surface area contributed by atoms with Gasteiger partial charge in [0, 0.05) is 29.0 Å². The predicted octanol–water partition coefficient (Wildman–Crippen LogP) is 3.10. The standard InChI is InChI=1S/C12H17BrN2O/c1-8(2)15(9(3)4)12(16)10-7-14-6-5-11(10)13/h5-9H,1-4H3. The molecule has 0 bridgehead atoms. The van der Waals surface area contributed by atoms with E-state index in [4.69, 9.17) is 0 Å². The number of aromatic nitrogens is 1. The van der Waals surface area contributed by atoms with Gasteiger partial charge in [-0.25, -0.2) is 0 Å². The second-order valence-electron chi connectivity index (χ2n) is 4.26. The third kappa shape index (κ3) is 2.82. The Hall–Kier alpha value is -0.900. The molecule has 1 amide bonds. The van der Waals surface area contributed by atoms with E-state index in [1.54, 1.807) is 18.5 Å². The van der Waals surface area contributed by atoms with E-state index in [1.807, 2.05) is 32.6 Å². The monoisotopic (exact) mass is 284 g/mol. The maximum atomic E-state index is 12.3. The van der Waals surface area contributed by atoms with Crippen LogP contribution in [0, 0.1) is 0 Å². The number of hydrogen-bond acceptors (Lipinski definition) is 2. The molecule has 0 N–H and O–H groups in total. The first-order valence-electron chi connectivity index (χ1n) is 5.37. The lowest BCUT2D eigenvalue weighted by molar-refractivity contribution is 0.0642. The summed E-state index contributed by atoms with van der Waals surface area (Å²) in [4.78, 5) is 18.1. The summed E-state index contributed by atoms with van der Waals surface area (Å²) in [5.41, 5.74) is 0.616. The minimum Gasteiger partial charge on any atom is -0.334 e. The molecule has 0 fully saturated rings. The molecule has 1 heterocycles. The van der Waals surface area contributed by atoms with Crippen LogP contribution in [0.15, 0.2) is 22.9 Å². The van der Waals surface area contributed by atoms with Gasteiger partial charge in [-0.2, -0.15) is 0 Å². The van der Waals surface area contributed by atoms with Gasteiger partial charge in [0.1, 0.15) is 0 Å². The zero-order chi connectivity index (χ0) is 12.3. The van der Waals surface area contributed by atoms with Crippen LogP contribution in [0.2, 0.25) is 0 Å². The topological polar surface area (TPSA) is 33.2 Å². The highest BCUT2D eigenvalue weighted by atomic mass is 79.9. The molecule has 88 valence electrons. The van der Waals surface area contributed by atoms with Crippen molar-refractivity contribution in [3.8, 4) is 0 Å². The van der Waals surface area contributed by atoms with Crippen molar-refractivity contribution < 1.29 is 4.79 Å². The molecule has 0 aromatic carbocycles. The Kier molecular flexibility index (Phi) is 4.47. The molecule has 0 aliphatic rings. The Balaban J connectivity index is 3.05. The lowest BCUT2D eigenvalue weighted by Gasteiger charge is -2.31. The highest BCUT2D eigenvalue weighted by Crippen LogP contribution is 2.19. The molecular formula is C12H17BrN2O. The summed E-state index contributed by atoms with van der Waals surface area (Å²) in [6.07, 6.45) is 3.26. The van der Waals surface area contributed by atoms with E-state index in [0.29, 0.717) is 5.56 Å². The number of pyridine rings is 1. The summed E-state index contributed by atoms with van der Waals surface area (Å²) in [5, 5.41) is 0.